The SMILES string of the molecule is Cc1nn(Cc2ccc(C(=O)N3N=CC[C@]3(O)C(F)(F)F)o2)c(C)c1Cl. The smallest absolute Gasteiger partial charge is 0.438 e. The van der Waals surface area contributed by atoms with Gasteiger partial charge in [0.2, 0.25) is 0 Å². The lowest BCUT2D eigenvalue weighted by molar-refractivity contribution is -0.297. The van der Waals surface area contributed by atoms with E-state index >= 15 is 0 Å². The van der Waals surface area contributed by atoms with Crippen molar-refractivity contribution in [1.29, 1.82) is 0 Å². The van der Waals surface area contributed by atoms with Crippen molar-refractivity contribution in [2.45, 2.75) is 38.7 Å². The molecule has 0 spiro atoms. The molecule has 0 saturated heterocycles. The molecule has 7 nitrogen and oxygen atoms in total. The Kier molecular flexibility index (Phi) is 4.35. The normalized spacial score (nSPS) is 20.2. The van der Waals surface area contributed by atoms with Crippen molar-refractivity contribution < 1.29 is 27.5 Å². The van der Waals surface area contributed by atoms with Crippen molar-refractivity contribution >= 4 is 23.7 Å². The Labute approximate surface area is 150 Å². The zero-order chi connectivity index (χ0) is 19.3. The predicted octanol–water partition coefficient (Wildman–Crippen LogP) is 2.88. The molecule has 26 heavy (non-hydrogen) atoms. The summed E-state index contributed by atoms with van der Waals surface area (Å²) in [6.45, 7) is 3.62. The topological polar surface area (TPSA) is 83.9 Å². The quantitative estimate of drug-likeness (QED) is 0.873. The molecule has 140 valence electrons. The van der Waals surface area contributed by atoms with Crippen LogP contribution in [0.3, 0.4) is 0 Å². The number of aryl methyl sites for hydroxylation is 1. The number of hydrogen-bond donors (Lipinski definition) is 1. The highest BCUT2D eigenvalue weighted by Gasteiger charge is 2.61. The second kappa shape index (κ2) is 6.13. The monoisotopic (exact) mass is 390 g/mol. The van der Waals surface area contributed by atoms with E-state index < -0.39 is 24.2 Å². The number of hydrazone groups is 1. The summed E-state index contributed by atoms with van der Waals surface area (Å²) in [5.41, 5.74) is -2.09. The van der Waals surface area contributed by atoms with E-state index in [1.165, 1.54) is 12.1 Å². The first kappa shape index (κ1) is 18.5. The lowest BCUT2D eigenvalue weighted by Gasteiger charge is -2.31. The lowest BCUT2D eigenvalue weighted by Crippen LogP contribution is -2.56. The molecule has 2 aromatic rings. The zero-order valence-corrected chi connectivity index (χ0v) is 14.5. The van der Waals surface area contributed by atoms with Gasteiger partial charge in [0, 0.05) is 12.6 Å². The number of nitrogens with zero attached hydrogens (tertiary/aromatic N) is 4. The molecule has 1 N–H and O–H groups in total. The molecule has 0 aliphatic carbocycles. The fourth-order valence-electron chi connectivity index (χ4n) is 2.55. The number of halogens is 4. The van der Waals surface area contributed by atoms with E-state index in [0.29, 0.717) is 16.4 Å². The summed E-state index contributed by atoms with van der Waals surface area (Å²) < 4.78 is 46.1. The average molecular weight is 391 g/mol. The first-order valence-electron chi connectivity index (χ1n) is 7.49. The van der Waals surface area contributed by atoms with Crippen LogP contribution in [0.1, 0.15) is 34.1 Å². The van der Waals surface area contributed by atoms with Crippen LogP contribution in [-0.4, -0.2) is 43.9 Å². The van der Waals surface area contributed by atoms with Gasteiger partial charge >= 0.3 is 12.1 Å². The number of carbonyl (C=O) groups is 1. The summed E-state index contributed by atoms with van der Waals surface area (Å²) >= 11 is 6.06. The average Bonchev–Trinajstić information content (AvgIpc) is 3.23. The number of carbonyl (C=O) groups excluding carboxylic acids is 1. The second-order valence-corrected chi connectivity index (χ2v) is 6.22. The van der Waals surface area contributed by atoms with Gasteiger partial charge < -0.3 is 9.52 Å². The van der Waals surface area contributed by atoms with Crippen molar-refractivity contribution in [3.63, 3.8) is 0 Å². The van der Waals surface area contributed by atoms with Crippen molar-refractivity contribution in [3.8, 4) is 0 Å². The molecule has 1 aliphatic rings. The van der Waals surface area contributed by atoms with E-state index in [1.54, 1.807) is 18.5 Å². The maximum atomic E-state index is 13.1. The van der Waals surface area contributed by atoms with Gasteiger partial charge in [-0.3, -0.25) is 9.48 Å². The Morgan fingerprint density at radius 3 is 2.69 bits per heavy atom. The molecule has 3 heterocycles. The molecule has 2 aromatic heterocycles. The minimum Gasteiger partial charge on any atom is -0.454 e. The Hall–Kier alpha value is -2.33. The molecule has 3 rings (SSSR count). The van der Waals surface area contributed by atoms with Gasteiger partial charge in [-0.05, 0) is 26.0 Å². The Balaban J connectivity index is 1.82. The van der Waals surface area contributed by atoms with Crippen molar-refractivity contribution in [2.24, 2.45) is 5.10 Å². The number of furan rings is 1. The summed E-state index contributed by atoms with van der Waals surface area (Å²) in [4.78, 5) is 12.3. The van der Waals surface area contributed by atoms with Gasteiger partial charge in [0.05, 0.1) is 23.0 Å². The molecule has 0 aromatic carbocycles. The standard InChI is InChI=1S/C15H14ClF3N4O3/c1-8-12(16)9(2)22(21-8)7-10-3-4-11(26-10)13(24)23-14(25,5-6-20-23)15(17,18)19/h3-4,6,25H,5,7H2,1-2H3/t14-/m0/s1. The number of aromatic nitrogens is 2. The third kappa shape index (κ3) is 2.88. The van der Waals surface area contributed by atoms with E-state index in [4.69, 9.17) is 16.0 Å². The van der Waals surface area contributed by atoms with Crippen LogP contribution in [0.15, 0.2) is 21.7 Å². The fourth-order valence-corrected chi connectivity index (χ4v) is 2.68. The van der Waals surface area contributed by atoms with Crippen LogP contribution in [0.5, 0.6) is 0 Å². The molecule has 1 aliphatic heterocycles. The number of hydrogen-bond acceptors (Lipinski definition) is 5. The summed E-state index contributed by atoms with van der Waals surface area (Å²) in [5, 5.41) is 17.8. The highest BCUT2D eigenvalue weighted by atomic mass is 35.5. The minimum absolute atomic E-state index is 0.0181. The predicted molar refractivity (Wildman–Crippen MR) is 84.8 cm³/mol. The minimum atomic E-state index is -5.06. The molecular weight excluding hydrogens is 377 g/mol. The summed E-state index contributed by atoms with van der Waals surface area (Å²) in [5.74, 6) is -1.29. The van der Waals surface area contributed by atoms with Gasteiger partial charge in [0.1, 0.15) is 5.76 Å². The van der Waals surface area contributed by atoms with Crippen molar-refractivity contribution in [1.82, 2.24) is 14.8 Å². The van der Waals surface area contributed by atoms with Gasteiger partial charge in [0.15, 0.2) is 5.76 Å². The first-order chi connectivity index (χ1) is 12.0. The maximum Gasteiger partial charge on any atom is 0.438 e. The highest BCUT2D eigenvalue weighted by Crippen LogP contribution is 2.39. The summed E-state index contributed by atoms with van der Waals surface area (Å²) in [7, 11) is 0. The van der Waals surface area contributed by atoms with Crippen LogP contribution < -0.4 is 0 Å². The van der Waals surface area contributed by atoms with Crippen LogP contribution in [0, 0.1) is 13.8 Å². The van der Waals surface area contributed by atoms with Crippen LogP contribution in [0.25, 0.3) is 0 Å². The third-order valence-corrected chi connectivity index (χ3v) is 4.59. The Bertz CT molecular complexity index is 889. The van der Waals surface area contributed by atoms with Gasteiger partial charge in [0.25, 0.3) is 5.72 Å². The van der Waals surface area contributed by atoms with Crippen LogP contribution >= 0.6 is 11.6 Å². The second-order valence-electron chi connectivity index (χ2n) is 5.84. The molecule has 0 fully saturated rings. The van der Waals surface area contributed by atoms with E-state index in [0.717, 1.165) is 6.21 Å². The molecule has 11 heteroatoms. The summed E-state index contributed by atoms with van der Waals surface area (Å²) in [6.07, 6.45) is -5.08. The molecule has 1 atom stereocenters. The van der Waals surface area contributed by atoms with Gasteiger partial charge in [-0.15, -0.1) is 0 Å². The van der Waals surface area contributed by atoms with E-state index in [1.807, 2.05) is 0 Å². The van der Waals surface area contributed by atoms with Gasteiger partial charge in [-0.25, -0.2) is 0 Å². The van der Waals surface area contributed by atoms with Crippen LogP contribution in [0.4, 0.5) is 13.2 Å². The van der Waals surface area contributed by atoms with E-state index in [2.05, 4.69) is 10.2 Å². The highest BCUT2D eigenvalue weighted by molar-refractivity contribution is 6.31. The van der Waals surface area contributed by atoms with Crippen molar-refractivity contribution in [2.75, 3.05) is 0 Å². The molecule has 0 radical (unpaired) electrons. The third-order valence-electron chi connectivity index (χ3n) is 4.04. The largest absolute Gasteiger partial charge is 0.454 e. The maximum absolute atomic E-state index is 13.1. The van der Waals surface area contributed by atoms with Gasteiger partial charge in [-0.1, -0.05) is 11.6 Å². The Morgan fingerprint density at radius 2 is 2.12 bits per heavy atom. The summed E-state index contributed by atoms with van der Waals surface area (Å²) in [6, 6.07) is 2.65. The number of aliphatic hydroxyl groups is 1. The fraction of sp³-hybridized carbons (Fsp3) is 0.400. The van der Waals surface area contributed by atoms with Gasteiger partial charge in [-0.2, -0.15) is 28.4 Å². The van der Waals surface area contributed by atoms with E-state index in [9.17, 15) is 23.1 Å². The molecule has 0 bridgehead atoms. The van der Waals surface area contributed by atoms with Crippen molar-refractivity contribution in [3.05, 3.63) is 40.1 Å². The number of amides is 1. The molecule has 0 unspecified atom stereocenters. The lowest BCUT2D eigenvalue weighted by atomic mass is 10.1. The Morgan fingerprint density at radius 1 is 1.42 bits per heavy atom. The number of alkyl halides is 3. The van der Waals surface area contributed by atoms with E-state index in [-0.39, 0.29) is 23.1 Å². The molecule has 1 amide bonds. The zero-order valence-electron chi connectivity index (χ0n) is 13.7. The number of rotatable bonds is 3. The van der Waals surface area contributed by atoms with Crippen LogP contribution in [0.2, 0.25) is 5.02 Å². The molecular formula is C15H14ClF3N4O3. The first-order valence-corrected chi connectivity index (χ1v) is 7.86. The molecule has 0 saturated carbocycles. The van der Waals surface area contributed by atoms with Crippen LogP contribution in [-0.2, 0) is 6.54 Å².